The van der Waals surface area contributed by atoms with Crippen LogP contribution in [-0.2, 0) is 9.53 Å². The van der Waals surface area contributed by atoms with E-state index in [9.17, 15) is 9.59 Å². The van der Waals surface area contributed by atoms with Crippen LogP contribution < -0.4 is 14.8 Å². The van der Waals surface area contributed by atoms with Crippen molar-refractivity contribution in [1.29, 1.82) is 0 Å². The largest absolute Gasteiger partial charge is 0.485 e. The number of esters is 1. The topological polar surface area (TPSA) is 73.9 Å². The molecule has 0 spiro atoms. The second kappa shape index (κ2) is 7.25. The summed E-state index contributed by atoms with van der Waals surface area (Å²) >= 11 is 0. The van der Waals surface area contributed by atoms with Gasteiger partial charge in [-0.2, -0.15) is 0 Å². The maximum absolute atomic E-state index is 12.4. The molecule has 1 unspecified atom stereocenters. The molecular weight excluding hydrogens is 322 g/mol. The van der Waals surface area contributed by atoms with E-state index in [-0.39, 0.29) is 18.5 Å². The fourth-order valence-corrected chi connectivity index (χ4v) is 2.51. The van der Waals surface area contributed by atoms with Gasteiger partial charge in [0.15, 0.2) is 11.5 Å². The Hall–Kier alpha value is -3.02. The number of para-hydroxylation sites is 2. The van der Waals surface area contributed by atoms with Crippen LogP contribution in [0.25, 0.3) is 0 Å². The van der Waals surface area contributed by atoms with Crippen LogP contribution in [0.3, 0.4) is 0 Å². The third kappa shape index (κ3) is 3.74. The van der Waals surface area contributed by atoms with Crippen molar-refractivity contribution in [3.8, 4) is 11.5 Å². The predicted molar refractivity (Wildman–Crippen MR) is 92.1 cm³/mol. The number of benzene rings is 2. The number of anilines is 1. The van der Waals surface area contributed by atoms with Gasteiger partial charge in [0, 0.05) is 5.69 Å². The van der Waals surface area contributed by atoms with Gasteiger partial charge < -0.3 is 19.5 Å². The van der Waals surface area contributed by atoms with Gasteiger partial charge in [-0.15, -0.1) is 0 Å². The van der Waals surface area contributed by atoms with Gasteiger partial charge in [-0.3, -0.25) is 4.79 Å². The van der Waals surface area contributed by atoms with Crippen molar-refractivity contribution in [2.24, 2.45) is 0 Å². The van der Waals surface area contributed by atoms with Crippen LogP contribution in [0.2, 0.25) is 0 Å². The molecule has 0 radical (unpaired) electrons. The van der Waals surface area contributed by atoms with E-state index < -0.39 is 6.10 Å². The Balaban J connectivity index is 1.68. The molecule has 6 nitrogen and oxygen atoms in total. The average molecular weight is 341 g/mol. The molecule has 3 rings (SSSR count). The molecule has 1 aliphatic rings. The normalized spacial score (nSPS) is 15.4. The summed E-state index contributed by atoms with van der Waals surface area (Å²) < 4.78 is 16.2. The van der Waals surface area contributed by atoms with E-state index >= 15 is 0 Å². The van der Waals surface area contributed by atoms with Crippen molar-refractivity contribution >= 4 is 17.6 Å². The van der Waals surface area contributed by atoms with Gasteiger partial charge in [-0.1, -0.05) is 12.1 Å². The Morgan fingerprint density at radius 1 is 1.20 bits per heavy atom. The van der Waals surface area contributed by atoms with E-state index in [1.165, 1.54) is 0 Å². The zero-order chi connectivity index (χ0) is 17.8. The molecular formula is C19H19NO5. The molecule has 2 aromatic carbocycles. The number of hydrogen-bond donors (Lipinski definition) is 1. The van der Waals surface area contributed by atoms with Crippen molar-refractivity contribution in [2.75, 3.05) is 18.5 Å². The summed E-state index contributed by atoms with van der Waals surface area (Å²) in [5.74, 6) is 0.482. The van der Waals surface area contributed by atoms with Crippen LogP contribution in [0, 0.1) is 6.92 Å². The Labute approximate surface area is 145 Å². The zero-order valence-electron chi connectivity index (χ0n) is 14.1. The lowest BCUT2D eigenvalue weighted by Gasteiger charge is -2.25. The van der Waals surface area contributed by atoms with Crippen molar-refractivity contribution in [1.82, 2.24) is 0 Å². The van der Waals surface area contributed by atoms with Crippen molar-refractivity contribution in [3.63, 3.8) is 0 Å². The maximum atomic E-state index is 12.4. The van der Waals surface area contributed by atoms with E-state index in [2.05, 4.69) is 5.32 Å². The zero-order valence-corrected chi connectivity index (χ0v) is 14.1. The molecule has 130 valence electrons. The van der Waals surface area contributed by atoms with Gasteiger partial charge in [0.2, 0.25) is 6.10 Å². The molecule has 2 aromatic rings. The minimum atomic E-state index is -0.737. The van der Waals surface area contributed by atoms with Crippen molar-refractivity contribution in [2.45, 2.75) is 20.0 Å². The van der Waals surface area contributed by atoms with E-state index in [0.29, 0.717) is 29.4 Å². The summed E-state index contributed by atoms with van der Waals surface area (Å²) in [6.45, 7) is 4.02. The van der Waals surface area contributed by atoms with Crippen LogP contribution in [0.15, 0.2) is 42.5 Å². The Kier molecular flexibility index (Phi) is 4.88. The predicted octanol–water partition coefficient (Wildman–Crippen LogP) is 2.95. The number of hydrogen-bond acceptors (Lipinski definition) is 5. The Morgan fingerprint density at radius 2 is 1.96 bits per heavy atom. The van der Waals surface area contributed by atoms with Crippen LogP contribution in [0.1, 0.15) is 22.8 Å². The number of nitrogens with one attached hydrogen (secondary N) is 1. The molecule has 0 saturated carbocycles. The first kappa shape index (κ1) is 16.8. The van der Waals surface area contributed by atoms with E-state index in [0.717, 1.165) is 5.56 Å². The maximum Gasteiger partial charge on any atom is 0.338 e. The first-order valence-corrected chi connectivity index (χ1v) is 8.05. The molecule has 0 aromatic heterocycles. The lowest BCUT2D eigenvalue weighted by atomic mass is 10.1. The fraction of sp³-hybridized carbons (Fsp3) is 0.263. The van der Waals surface area contributed by atoms with Crippen LogP contribution in [0.4, 0.5) is 5.69 Å². The molecule has 1 heterocycles. The highest BCUT2D eigenvalue weighted by Gasteiger charge is 2.27. The van der Waals surface area contributed by atoms with E-state index in [1.807, 2.05) is 19.1 Å². The summed E-state index contributed by atoms with van der Waals surface area (Å²) in [4.78, 5) is 24.2. The first-order valence-electron chi connectivity index (χ1n) is 8.05. The summed E-state index contributed by atoms with van der Waals surface area (Å²) in [7, 11) is 0. The second-order valence-electron chi connectivity index (χ2n) is 5.60. The lowest BCUT2D eigenvalue weighted by molar-refractivity contribution is -0.125. The summed E-state index contributed by atoms with van der Waals surface area (Å²) in [6.07, 6.45) is -0.737. The number of carbonyl (C=O) groups excluding carboxylic acids is 2. The number of fused-ring (bicyclic) bond motifs is 1. The standard InChI is InChI=1S/C19H19NO5/c1-3-23-19(22)13-8-9-14(12(2)10-13)20-18(21)17-11-24-15-6-4-5-7-16(15)25-17/h4-10,17H,3,11H2,1-2H3,(H,20,21). The van der Waals surface area contributed by atoms with E-state index in [1.54, 1.807) is 37.3 Å². The number of aryl methyl sites for hydroxylation is 1. The average Bonchev–Trinajstić information content (AvgIpc) is 2.63. The van der Waals surface area contributed by atoms with Gasteiger partial charge in [0.05, 0.1) is 12.2 Å². The molecule has 6 heteroatoms. The third-order valence-electron chi connectivity index (χ3n) is 3.80. The number of rotatable bonds is 4. The van der Waals surface area contributed by atoms with Crippen LogP contribution >= 0.6 is 0 Å². The van der Waals surface area contributed by atoms with Gasteiger partial charge in [0.25, 0.3) is 5.91 Å². The molecule has 25 heavy (non-hydrogen) atoms. The Morgan fingerprint density at radius 3 is 2.68 bits per heavy atom. The molecule has 0 fully saturated rings. The summed E-state index contributed by atoms with van der Waals surface area (Å²) in [5.41, 5.74) is 1.82. The third-order valence-corrected chi connectivity index (χ3v) is 3.80. The smallest absolute Gasteiger partial charge is 0.338 e. The summed E-state index contributed by atoms with van der Waals surface area (Å²) in [6, 6.07) is 12.2. The van der Waals surface area contributed by atoms with Gasteiger partial charge >= 0.3 is 5.97 Å². The number of carbonyl (C=O) groups is 2. The minimum absolute atomic E-state index is 0.142. The second-order valence-corrected chi connectivity index (χ2v) is 5.60. The minimum Gasteiger partial charge on any atom is -0.485 e. The molecule has 0 saturated heterocycles. The quantitative estimate of drug-likeness (QED) is 0.866. The highest BCUT2D eigenvalue weighted by atomic mass is 16.6. The fourth-order valence-electron chi connectivity index (χ4n) is 2.51. The summed E-state index contributed by atoms with van der Waals surface area (Å²) in [5, 5.41) is 2.81. The molecule has 0 bridgehead atoms. The number of amides is 1. The lowest BCUT2D eigenvalue weighted by Crippen LogP contribution is -2.40. The Bertz CT molecular complexity index is 802. The number of ether oxygens (including phenoxy) is 3. The molecule has 0 aliphatic carbocycles. The highest BCUT2D eigenvalue weighted by molar-refractivity contribution is 5.96. The van der Waals surface area contributed by atoms with Crippen molar-refractivity contribution in [3.05, 3.63) is 53.6 Å². The van der Waals surface area contributed by atoms with Gasteiger partial charge in [-0.05, 0) is 49.7 Å². The van der Waals surface area contributed by atoms with Crippen LogP contribution in [-0.4, -0.2) is 31.2 Å². The first-order chi connectivity index (χ1) is 12.1. The SMILES string of the molecule is CCOC(=O)c1ccc(NC(=O)C2COc3ccccc3O2)c(C)c1. The molecule has 1 aliphatic heterocycles. The molecule has 1 amide bonds. The molecule has 1 N–H and O–H groups in total. The van der Waals surface area contributed by atoms with E-state index in [4.69, 9.17) is 14.2 Å². The molecule has 1 atom stereocenters. The van der Waals surface area contributed by atoms with Gasteiger partial charge in [0.1, 0.15) is 6.61 Å². The monoisotopic (exact) mass is 341 g/mol. The highest BCUT2D eigenvalue weighted by Crippen LogP contribution is 2.31. The van der Waals surface area contributed by atoms with Gasteiger partial charge in [-0.25, -0.2) is 4.79 Å². The van der Waals surface area contributed by atoms with Crippen LogP contribution in [0.5, 0.6) is 11.5 Å². The van der Waals surface area contributed by atoms with Crippen molar-refractivity contribution < 1.29 is 23.8 Å².